The minimum absolute atomic E-state index is 0.0139. The average Bonchev–Trinajstić information content (AvgIpc) is 2.88. The van der Waals surface area contributed by atoms with Crippen molar-refractivity contribution in [3.05, 3.63) is 174 Å². The quantitative estimate of drug-likeness (QED) is 0.165. The summed E-state index contributed by atoms with van der Waals surface area (Å²) in [5, 5.41) is 6.33. The monoisotopic (exact) mass is 1070 g/mol. The summed E-state index contributed by atoms with van der Waals surface area (Å²) in [6, 6.07) is 59.8. The number of nitrogens with zero attached hydrogens (tertiary/aromatic N) is 4. The van der Waals surface area contributed by atoms with Crippen LogP contribution >= 0.6 is 11.3 Å². The molecule has 0 spiro atoms. The zero-order chi connectivity index (χ0) is 55.1. The van der Waals surface area contributed by atoms with Crippen LogP contribution in [0.2, 0.25) is 0 Å². The van der Waals surface area contributed by atoms with E-state index in [4.69, 9.17) is 4.42 Å². The molecule has 0 radical (unpaired) electrons. The molecule has 17 rings (SSSR count). The summed E-state index contributed by atoms with van der Waals surface area (Å²) >= 11 is 1.95. The predicted molar refractivity (Wildman–Crippen MR) is 346 cm³/mol. The second-order valence-electron chi connectivity index (χ2n) is 28.3. The van der Waals surface area contributed by atoms with Crippen LogP contribution in [0.3, 0.4) is 0 Å². The lowest BCUT2D eigenvalue weighted by Crippen LogP contribution is -2.61. The fourth-order valence-corrected chi connectivity index (χ4v) is 18.8. The van der Waals surface area contributed by atoms with Crippen LogP contribution in [0.4, 0.5) is 39.8 Å². The number of hydrogen-bond acceptors (Lipinski definition) is 5. The van der Waals surface area contributed by atoms with E-state index < -0.39 is 0 Å². The first kappa shape index (κ1) is 48.5. The van der Waals surface area contributed by atoms with Gasteiger partial charge < -0.3 is 23.7 Å². The van der Waals surface area contributed by atoms with Crippen molar-refractivity contribution in [1.82, 2.24) is 4.57 Å². The second kappa shape index (κ2) is 15.9. The highest BCUT2D eigenvalue weighted by Gasteiger charge is 2.60. The molecule has 8 aromatic carbocycles. The van der Waals surface area contributed by atoms with E-state index in [0.717, 1.165) is 40.5 Å². The summed E-state index contributed by atoms with van der Waals surface area (Å²) in [7, 11) is 0. The lowest BCUT2D eigenvalue weighted by Gasteiger charge is -2.51. The number of aromatic nitrogens is 1. The van der Waals surface area contributed by atoms with Crippen molar-refractivity contribution in [2.75, 3.05) is 14.7 Å². The number of fused-ring (bicyclic) bond motifs is 18. The molecular formula is C74H71BN4OS. The molecular weight excluding hydrogens is 1000 g/mol. The van der Waals surface area contributed by atoms with Gasteiger partial charge >= 0.3 is 0 Å². The minimum atomic E-state index is -0.167. The standard InChI is InChI=1S/C74H71BN4OS/c1-69(2,3)44-29-33-55-51(39-44)71(7)35-15-17-37-73(71,9)78(55)46-31-32-53-58(41-46)76(57-25-20-27-62-65(57)48-21-11-13-26-61(48)80-62)59-42-47(79-56-34-30-45(70(4,5)6)40-52(56)72(8)36-16-18-38-74(72,79)10)43-60-66(59)75(53)54-24-19-23-50-64-49-22-12-14-28-63(49)81-68(64)77(60)67(50)54/h11-14,19-34,39-43H,15-18,35-38H2,1-10H3. The first-order chi connectivity index (χ1) is 38.9. The summed E-state index contributed by atoms with van der Waals surface area (Å²) in [5.41, 5.74) is 23.0. The van der Waals surface area contributed by atoms with Crippen molar-refractivity contribution in [3.63, 3.8) is 0 Å². The Kier molecular flexibility index (Phi) is 9.49. The van der Waals surface area contributed by atoms with Gasteiger partial charge in [-0.15, -0.1) is 11.3 Å². The Balaban J connectivity index is 1.01. The van der Waals surface area contributed by atoms with E-state index in [1.807, 2.05) is 11.3 Å². The van der Waals surface area contributed by atoms with Gasteiger partial charge in [0, 0.05) is 76.9 Å². The number of anilines is 7. The SMILES string of the molecule is CC(C)(C)c1ccc2c(c1)C1(C)CCCCC1(C)N2c1ccc2c(c1)N(c1cccc3oc4ccccc4c13)c1cc(N3c4ccc(C(C)(C)C)cc4C4(C)CCCCC34C)cc3c1B2c1cccc2c4c5ccccc5sc4n-3c12. The van der Waals surface area contributed by atoms with Crippen molar-refractivity contribution < 1.29 is 4.42 Å². The largest absolute Gasteiger partial charge is 0.456 e. The highest BCUT2D eigenvalue weighted by atomic mass is 32.1. The molecule has 402 valence electrons. The molecule has 0 saturated heterocycles. The fourth-order valence-electron chi connectivity index (χ4n) is 17.6. The predicted octanol–water partition coefficient (Wildman–Crippen LogP) is 18.6. The first-order valence-corrected chi connectivity index (χ1v) is 31.1. The first-order valence-electron chi connectivity index (χ1n) is 30.3. The third-order valence-corrected chi connectivity index (χ3v) is 23.3. The third kappa shape index (κ3) is 6.04. The van der Waals surface area contributed by atoms with Crippen LogP contribution in [0.1, 0.15) is 143 Å². The molecule has 0 bridgehead atoms. The van der Waals surface area contributed by atoms with Crippen LogP contribution in [-0.4, -0.2) is 22.4 Å². The number of hydrogen-bond donors (Lipinski definition) is 0. The van der Waals surface area contributed by atoms with E-state index in [9.17, 15) is 0 Å². The van der Waals surface area contributed by atoms with E-state index in [1.54, 1.807) is 0 Å². The maximum atomic E-state index is 6.86. The van der Waals surface area contributed by atoms with Gasteiger partial charge in [-0.1, -0.05) is 172 Å². The number of para-hydroxylation sites is 2. The molecule has 2 fully saturated rings. The summed E-state index contributed by atoms with van der Waals surface area (Å²) in [4.78, 5) is 9.69. The molecule has 2 saturated carbocycles. The lowest BCUT2D eigenvalue weighted by molar-refractivity contribution is 0.195. The highest BCUT2D eigenvalue weighted by Crippen LogP contribution is 2.64. The van der Waals surface area contributed by atoms with Crippen LogP contribution in [0.5, 0.6) is 0 Å². The molecule has 11 aromatic rings. The minimum Gasteiger partial charge on any atom is -0.456 e. The Morgan fingerprint density at radius 2 is 1.05 bits per heavy atom. The lowest BCUT2D eigenvalue weighted by atomic mass is 9.33. The molecule has 3 aromatic heterocycles. The second-order valence-corrected chi connectivity index (χ2v) is 29.3. The molecule has 7 heterocycles. The number of thiophene rings is 1. The van der Waals surface area contributed by atoms with Gasteiger partial charge in [0.2, 0.25) is 0 Å². The molecule has 2 aliphatic carbocycles. The van der Waals surface area contributed by atoms with E-state index in [0.29, 0.717) is 0 Å². The molecule has 5 nitrogen and oxygen atoms in total. The molecule has 4 aliphatic heterocycles. The van der Waals surface area contributed by atoms with Gasteiger partial charge in [-0.2, -0.15) is 0 Å². The van der Waals surface area contributed by atoms with Crippen LogP contribution in [-0.2, 0) is 21.7 Å². The third-order valence-electron chi connectivity index (χ3n) is 22.2. The number of furan rings is 1. The van der Waals surface area contributed by atoms with Gasteiger partial charge in [0.05, 0.1) is 27.7 Å². The summed E-state index contributed by atoms with van der Waals surface area (Å²) < 4.78 is 10.9. The van der Waals surface area contributed by atoms with E-state index >= 15 is 0 Å². The van der Waals surface area contributed by atoms with E-state index in [2.05, 4.69) is 240 Å². The van der Waals surface area contributed by atoms with Gasteiger partial charge in [0.15, 0.2) is 0 Å². The Hall–Kier alpha value is -7.22. The van der Waals surface area contributed by atoms with Crippen LogP contribution in [0.15, 0.2) is 156 Å². The molecule has 4 atom stereocenters. The summed E-state index contributed by atoms with van der Waals surface area (Å²) in [6.07, 6.45) is 9.54. The zero-order valence-electron chi connectivity index (χ0n) is 48.8. The Bertz CT molecular complexity index is 4580. The topological polar surface area (TPSA) is 27.8 Å². The van der Waals surface area contributed by atoms with Crippen LogP contribution < -0.4 is 31.1 Å². The maximum Gasteiger partial charge on any atom is 0.252 e. The normalized spacial score (nSPS) is 23.6. The Morgan fingerprint density at radius 3 is 1.74 bits per heavy atom. The molecule has 4 unspecified atom stereocenters. The molecule has 7 heteroatoms. The molecule has 0 N–H and O–H groups in total. The highest BCUT2D eigenvalue weighted by molar-refractivity contribution is 7.26. The summed E-state index contributed by atoms with van der Waals surface area (Å²) in [5.74, 6) is 0. The smallest absolute Gasteiger partial charge is 0.252 e. The van der Waals surface area contributed by atoms with Crippen molar-refractivity contribution in [3.8, 4) is 5.69 Å². The maximum absolute atomic E-state index is 6.86. The van der Waals surface area contributed by atoms with Gasteiger partial charge in [-0.3, -0.25) is 0 Å². The van der Waals surface area contributed by atoms with Crippen molar-refractivity contribution in [2.45, 2.75) is 153 Å². The van der Waals surface area contributed by atoms with Gasteiger partial charge in [0.1, 0.15) is 16.0 Å². The molecule has 0 amide bonds. The Morgan fingerprint density at radius 1 is 0.469 bits per heavy atom. The average molecular weight is 1080 g/mol. The Labute approximate surface area is 481 Å². The summed E-state index contributed by atoms with van der Waals surface area (Å²) in [6.45, 7) is 24.6. The van der Waals surface area contributed by atoms with Crippen molar-refractivity contribution >= 4 is 127 Å². The number of benzene rings is 8. The molecule has 6 aliphatic rings. The van der Waals surface area contributed by atoms with E-state index in [1.165, 1.54) is 148 Å². The van der Waals surface area contributed by atoms with Gasteiger partial charge in [-0.05, 0) is 150 Å². The number of rotatable bonds is 3. The van der Waals surface area contributed by atoms with Crippen molar-refractivity contribution in [2.24, 2.45) is 0 Å². The molecule has 81 heavy (non-hydrogen) atoms. The fraction of sp³-hybridized carbons (Fsp3) is 0.324. The van der Waals surface area contributed by atoms with E-state index in [-0.39, 0.29) is 39.5 Å². The van der Waals surface area contributed by atoms with Crippen LogP contribution in [0.25, 0.3) is 58.8 Å². The van der Waals surface area contributed by atoms with Gasteiger partial charge in [0.25, 0.3) is 6.71 Å². The van der Waals surface area contributed by atoms with Crippen LogP contribution in [0, 0.1) is 0 Å². The van der Waals surface area contributed by atoms with Gasteiger partial charge in [-0.25, -0.2) is 0 Å². The zero-order valence-corrected chi connectivity index (χ0v) is 49.6. The van der Waals surface area contributed by atoms with Crippen molar-refractivity contribution in [1.29, 1.82) is 0 Å².